The van der Waals surface area contributed by atoms with Crippen LogP contribution in [0.15, 0.2) is 28.7 Å². The molecule has 0 radical (unpaired) electrons. The quantitative estimate of drug-likeness (QED) is 0.925. The first kappa shape index (κ1) is 14.6. The van der Waals surface area contributed by atoms with E-state index in [2.05, 4.69) is 27.1 Å². The fourth-order valence-corrected chi connectivity index (χ4v) is 3.11. The van der Waals surface area contributed by atoms with E-state index in [9.17, 15) is 0 Å². The maximum atomic E-state index is 6.31. The van der Waals surface area contributed by atoms with Crippen molar-refractivity contribution in [3.05, 3.63) is 50.7 Å². The third kappa shape index (κ3) is 3.02. The van der Waals surface area contributed by atoms with Gasteiger partial charge in [-0.25, -0.2) is 0 Å². The summed E-state index contributed by atoms with van der Waals surface area (Å²) < 4.78 is 2.93. The van der Waals surface area contributed by atoms with E-state index >= 15 is 0 Å². The highest BCUT2D eigenvalue weighted by Gasteiger charge is 2.19. The number of halogens is 2. The molecule has 0 saturated carbocycles. The summed E-state index contributed by atoms with van der Waals surface area (Å²) >= 11 is 9.89. The molecular formula is C14H17BrClN3. The van der Waals surface area contributed by atoms with E-state index in [-0.39, 0.29) is 5.92 Å². The summed E-state index contributed by atoms with van der Waals surface area (Å²) in [6.45, 7) is 2.49. The Hall–Kier alpha value is -0.840. The van der Waals surface area contributed by atoms with Crippen molar-refractivity contribution in [3.8, 4) is 0 Å². The molecule has 0 fully saturated rings. The molecule has 0 aliphatic heterocycles. The maximum Gasteiger partial charge on any atom is 0.0847 e. The molecule has 5 heteroatoms. The lowest BCUT2D eigenvalue weighted by atomic mass is 9.94. The normalized spacial score (nSPS) is 12.7. The van der Waals surface area contributed by atoms with Crippen LogP contribution in [0.25, 0.3) is 0 Å². The van der Waals surface area contributed by atoms with Gasteiger partial charge in [0.1, 0.15) is 0 Å². The number of rotatable bonds is 4. The van der Waals surface area contributed by atoms with Crippen molar-refractivity contribution in [1.29, 1.82) is 0 Å². The van der Waals surface area contributed by atoms with Gasteiger partial charge in [-0.15, -0.1) is 0 Å². The monoisotopic (exact) mass is 341 g/mol. The molecule has 0 saturated heterocycles. The minimum absolute atomic E-state index is 0.225. The molecule has 0 spiro atoms. The summed E-state index contributed by atoms with van der Waals surface area (Å²) in [5, 5.41) is 5.09. The van der Waals surface area contributed by atoms with Gasteiger partial charge in [0.15, 0.2) is 0 Å². The SMILES string of the molecule is Cc1nn(C)c(CC(CN)c2ccccc2Br)c1Cl. The van der Waals surface area contributed by atoms with Gasteiger partial charge in [0.2, 0.25) is 0 Å². The molecule has 1 heterocycles. The van der Waals surface area contributed by atoms with Crippen LogP contribution in [0, 0.1) is 6.92 Å². The van der Waals surface area contributed by atoms with Crippen LogP contribution in [-0.2, 0) is 13.5 Å². The zero-order valence-electron chi connectivity index (χ0n) is 11.0. The van der Waals surface area contributed by atoms with E-state index in [1.165, 1.54) is 5.56 Å². The number of benzene rings is 1. The molecule has 2 aromatic rings. The van der Waals surface area contributed by atoms with Crippen molar-refractivity contribution in [3.63, 3.8) is 0 Å². The van der Waals surface area contributed by atoms with Gasteiger partial charge in [0, 0.05) is 17.4 Å². The summed E-state index contributed by atoms with van der Waals surface area (Å²) in [6, 6.07) is 8.16. The van der Waals surface area contributed by atoms with Crippen molar-refractivity contribution in [2.45, 2.75) is 19.3 Å². The van der Waals surface area contributed by atoms with E-state index in [1.54, 1.807) is 0 Å². The molecule has 2 N–H and O–H groups in total. The highest BCUT2D eigenvalue weighted by molar-refractivity contribution is 9.10. The van der Waals surface area contributed by atoms with Gasteiger partial charge in [-0.2, -0.15) is 5.10 Å². The second kappa shape index (κ2) is 6.07. The Morgan fingerprint density at radius 1 is 1.42 bits per heavy atom. The van der Waals surface area contributed by atoms with Crippen molar-refractivity contribution in [2.24, 2.45) is 12.8 Å². The van der Waals surface area contributed by atoms with Crippen LogP contribution in [0.2, 0.25) is 5.02 Å². The molecule has 0 aliphatic carbocycles. The molecule has 19 heavy (non-hydrogen) atoms. The molecule has 1 aromatic heterocycles. The fourth-order valence-electron chi connectivity index (χ4n) is 2.26. The zero-order valence-corrected chi connectivity index (χ0v) is 13.4. The predicted molar refractivity (Wildman–Crippen MR) is 82.6 cm³/mol. The molecule has 0 bridgehead atoms. The van der Waals surface area contributed by atoms with E-state index < -0.39 is 0 Å². The van der Waals surface area contributed by atoms with Gasteiger partial charge < -0.3 is 5.73 Å². The van der Waals surface area contributed by atoms with Crippen LogP contribution in [0.3, 0.4) is 0 Å². The number of aryl methyl sites for hydroxylation is 2. The lowest BCUT2D eigenvalue weighted by Crippen LogP contribution is -2.17. The first-order valence-corrected chi connectivity index (χ1v) is 7.34. The average molecular weight is 343 g/mol. The standard InChI is InChI=1S/C14H17BrClN3/c1-9-14(16)13(19(2)18-9)7-10(8-17)11-5-3-4-6-12(11)15/h3-6,10H,7-8,17H2,1-2H3. The average Bonchev–Trinajstić information content (AvgIpc) is 2.63. The second-order valence-corrected chi connectivity index (χ2v) is 5.86. The second-order valence-electron chi connectivity index (χ2n) is 4.63. The van der Waals surface area contributed by atoms with Crippen molar-refractivity contribution < 1.29 is 0 Å². The lowest BCUT2D eigenvalue weighted by Gasteiger charge is -2.17. The van der Waals surface area contributed by atoms with Gasteiger partial charge in [0.25, 0.3) is 0 Å². The van der Waals surface area contributed by atoms with Crippen LogP contribution < -0.4 is 5.73 Å². The van der Waals surface area contributed by atoms with Gasteiger partial charge >= 0.3 is 0 Å². The number of aromatic nitrogens is 2. The highest BCUT2D eigenvalue weighted by atomic mass is 79.9. The predicted octanol–water partition coefficient (Wildman–Crippen LogP) is 3.43. The first-order chi connectivity index (χ1) is 9.04. The van der Waals surface area contributed by atoms with Crippen LogP contribution in [0.5, 0.6) is 0 Å². The van der Waals surface area contributed by atoms with E-state index in [0.29, 0.717) is 6.54 Å². The Kier molecular flexibility index (Phi) is 4.66. The minimum atomic E-state index is 0.225. The smallest absolute Gasteiger partial charge is 0.0847 e. The summed E-state index contributed by atoms with van der Waals surface area (Å²) in [6.07, 6.45) is 0.787. The lowest BCUT2D eigenvalue weighted by molar-refractivity contribution is 0.627. The van der Waals surface area contributed by atoms with Gasteiger partial charge in [-0.1, -0.05) is 45.7 Å². The van der Waals surface area contributed by atoms with E-state index in [4.69, 9.17) is 17.3 Å². The third-order valence-electron chi connectivity index (χ3n) is 3.33. The Morgan fingerprint density at radius 2 is 2.11 bits per heavy atom. The summed E-state index contributed by atoms with van der Waals surface area (Å²) in [5.74, 6) is 0.225. The number of nitrogens with zero attached hydrogens (tertiary/aromatic N) is 2. The molecule has 1 aromatic carbocycles. The Labute approximate surface area is 126 Å². The summed E-state index contributed by atoms with van der Waals surface area (Å²) in [5.41, 5.74) is 9.04. The van der Waals surface area contributed by atoms with Crippen LogP contribution in [0.1, 0.15) is 22.9 Å². The van der Waals surface area contributed by atoms with Crippen LogP contribution >= 0.6 is 27.5 Å². The van der Waals surface area contributed by atoms with Crippen molar-refractivity contribution in [2.75, 3.05) is 6.54 Å². The largest absolute Gasteiger partial charge is 0.330 e. The number of nitrogens with two attached hydrogens (primary N) is 1. The molecule has 1 unspecified atom stereocenters. The third-order valence-corrected chi connectivity index (χ3v) is 4.54. The number of hydrogen-bond acceptors (Lipinski definition) is 2. The Bertz CT molecular complexity index is 580. The fraction of sp³-hybridized carbons (Fsp3) is 0.357. The van der Waals surface area contributed by atoms with E-state index in [0.717, 1.165) is 27.3 Å². The molecule has 0 aliphatic rings. The first-order valence-electron chi connectivity index (χ1n) is 6.17. The molecular weight excluding hydrogens is 326 g/mol. The van der Waals surface area contributed by atoms with Crippen LogP contribution in [0.4, 0.5) is 0 Å². The highest BCUT2D eigenvalue weighted by Crippen LogP contribution is 2.30. The summed E-state index contributed by atoms with van der Waals surface area (Å²) in [7, 11) is 1.92. The zero-order chi connectivity index (χ0) is 14.0. The van der Waals surface area contributed by atoms with Crippen LogP contribution in [-0.4, -0.2) is 16.3 Å². The molecule has 1 atom stereocenters. The summed E-state index contributed by atoms with van der Waals surface area (Å²) in [4.78, 5) is 0. The molecule has 102 valence electrons. The van der Waals surface area contributed by atoms with E-state index in [1.807, 2.05) is 36.9 Å². The Morgan fingerprint density at radius 3 is 2.63 bits per heavy atom. The topological polar surface area (TPSA) is 43.8 Å². The molecule has 2 rings (SSSR count). The van der Waals surface area contributed by atoms with Gasteiger partial charge in [-0.3, -0.25) is 4.68 Å². The van der Waals surface area contributed by atoms with Crippen molar-refractivity contribution in [1.82, 2.24) is 9.78 Å². The van der Waals surface area contributed by atoms with Gasteiger partial charge in [0.05, 0.1) is 16.4 Å². The minimum Gasteiger partial charge on any atom is -0.330 e. The maximum absolute atomic E-state index is 6.31. The molecule has 0 amide bonds. The van der Waals surface area contributed by atoms with Crippen molar-refractivity contribution >= 4 is 27.5 Å². The molecule has 3 nitrogen and oxygen atoms in total. The number of hydrogen-bond donors (Lipinski definition) is 1. The Balaban J connectivity index is 2.32. The van der Waals surface area contributed by atoms with Gasteiger partial charge in [-0.05, 0) is 31.5 Å².